The van der Waals surface area contributed by atoms with Gasteiger partial charge in [0.2, 0.25) is 0 Å². The third-order valence-electron chi connectivity index (χ3n) is 4.08. The molecule has 2 aromatic carbocycles. The number of hydrogen-bond donors (Lipinski definition) is 0. The molecule has 1 aliphatic rings. The lowest BCUT2D eigenvalue weighted by atomic mass is 10.1. The van der Waals surface area contributed by atoms with Gasteiger partial charge in [-0.2, -0.15) is 0 Å². The zero-order valence-electron chi connectivity index (χ0n) is 15.7. The number of nitrogens with zero attached hydrogens (tertiary/aromatic N) is 1. The SMILES string of the molecule is CC(C)CN1C(=O)/C(=C/c2cc(Br)ccc2OCc2ccc(Cl)cc2Cl)SC1=S. The Morgan fingerprint density at radius 1 is 1.24 bits per heavy atom. The molecule has 0 unspecified atom stereocenters. The van der Waals surface area contributed by atoms with Crippen molar-refractivity contribution in [2.75, 3.05) is 6.54 Å². The molecule has 3 nitrogen and oxygen atoms in total. The van der Waals surface area contributed by atoms with Gasteiger partial charge in [-0.05, 0) is 42.3 Å². The smallest absolute Gasteiger partial charge is 0.266 e. The van der Waals surface area contributed by atoms with Gasteiger partial charge in [-0.3, -0.25) is 9.69 Å². The quantitative estimate of drug-likeness (QED) is 0.292. The van der Waals surface area contributed by atoms with Crippen LogP contribution in [-0.4, -0.2) is 21.7 Å². The largest absolute Gasteiger partial charge is 0.488 e. The van der Waals surface area contributed by atoms with Crippen molar-refractivity contribution in [3.63, 3.8) is 0 Å². The third kappa shape index (κ3) is 5.76. The topological polar surface area (TPSA) is 29.5 Å². The molecule has 152 valence electrons. The van der Waals surface area contributed by atoms with Gasteiger partial charge >= 0.3 is 0 Å². The van der Waals surface area contributed by atoms with E-state index >= 15 is 0 Å². The van der Waals surface area contributed by atoms with Crippen LogP contribution in [0.3, 0.4) is 0 Å². The van der Waals surface area contributed by atoms with E-state index in [-0.39, 0.29) is 12.5 Å². The van der Waals surface area contributed by atoms with Crippen LogP contribution in [0, 0.1) is 5.92 Å². The van der Waals surface area contributed by atoms with Crippen molar-refractivity contribution in [1.29, 1.82) is 0 Å². The minimum atomic E-state index is -0.0691. The maximum Gasteiger partial charge on any atom is 0.266 e. The molecule has 1 aliphatic heterocycles. The summed E-state index contributed by atoms with van der Waals surface area (Å²) < 4.78 is 7.47. The van der Waals surface area contributed by atoms with E-state index in [2.05, 4.69) is 29.8 Å². The van der Waals surface area contributed by atoms with Crippen molar-refractivity contribution in [2.24, 2.45) is 5.92 Å². The van der Waals surface area contributed by atoms with Gasteiger partial charge in [0.05, 0.1) is 4.91 Å². The van der Waals surface area contributed by atoms with Gasteiger partial charge in [-0.25, -0.2) is 0 Å². The molecule has 0 spiro atoms. The Hall–Kier alpha value is -1.05. The fraction of sp³-hybridized carbons (Fsp3) is 0.238. The summed E-state index contributed by atoms with van der Waals surface area (Å²) >= 11 is 22.4. The number of amides is 1. The van der Waals surface area contributed by atoms with Crippen LogP contribution in [0.25, 0.3) is 6.08 Å². The number of hydrogen-bond acceptors (Lipinski definition) is 4. The summed E-state index contributed by atoms with van der Waals surface area (Å²) in [5.74, 6) is 0.916. The average Bonchev–Trinajstić information content (AvgIpc) is 2.89. The monoisotopic (exact) mass is 529 g/mol. The molecule has 0 aromatic heterocycles. The van der Waals surface area contributed by atoms with Crippen LogP contribution in [0.5, 0.6) is 5.75 Å². The second-order valence-electron chi connectivity index (χ2n) is 6.89. The lowest BCUT2D eigenvalue weighted by Gasteiger charge is -2.16. The number of thiocarbonyl (C=S) groups is 1. The molecule has 8 heteroatoms. The van der Waals surface area contributed by atoms with E-state index in [9.17, 15) is 4.79 Å². The van der Waals surface area contributed by atoms with Gasteiger partial charge in [0.25, 0.3) is 5.91 Å². The first-order valence-electron chi connectivity index (χ1n) is 8.86. The molecule has 0 atom stereocenters. The predicted molar refractivity (Wildman–Crippen MR) is 130 cm³/mol. The van der Waals surface area contributed by atoms with Gasteiger partial charge < -0.3 is 4.74 Å². The standard InChI is InChI=1S/C21H18BrCl2NO2S2/c1-12(2)10-25-20(26)19(29-21(25)28)8-14-7-15(22)4-6-18(14)27-11-13-3-5-16(23)9-17(13)24/h3-9,12H,10-11H2,1-2H3/b19-8-. The molecular formula is C21H18BrCl2NO2S2. The number of carbonyl (C=O) groups excluding carboxylic acids is 1. The molecule has 29 heavy (non-hydrogen) atoms. The first-order valence-corrected chi connectivity index (χ1v) is 11.6. The van der Waals surface area contributed by atoms with Gasteiger partial charge in [0.1, 0.15) is 16.7 Å². The number of rotatable bonds is 6. The Morgan fingerprint density at radius 2 is 2.00 bits per heavy atom. The number of thioether (sulfide) groups is 1. The highest BCUT2D eigenvalue weighted by atomic mass is 79.9. The third-order valence-corrected chi connectivity index (χ3v) is 6.54. The first-order chi connectivity index (χ1) is 13.7. The predicted octanol–water partition coefficient (Wildman–Crippen LogP) is 7.19. The molecule has 1 heterocycles. The van der Waals surface area contributed by atoms with Crippen molar-refractivity contribution < 1.29 is 9.53 Å². The minimum Gasteiger partial charge on any atom is -0.488 e. The summed E-state index contributed by atoms with van der Waals surface area (Å²) in [5, 5.41) is 1.12. The van der Waals surface area contributed by atoms with Gasteiger partial charge in [-0.15, -0.1) is 0 Å². The molecule has 0 aliphatic carbocycles. The first kappa shape index (κ1) is 22.6. The maximum atomic E-state index is 12.8. The summed E-state index contributed by atoms with van der Waals surface area (Å²) in [6, 6.07) is 10.9. The van der Waals surface area contributed by atoms with Crippen molar-refractivity contribution in [3.05, 3.63) is 66.9 Å². The summed E-state index contributed by atoms with van der Waals surface area (Å²) in [5.41, 5.74) is 1.61. The maximum absolute atomic E-state index is 12.8. The lowest BCUT2D eigenvalue weighted by molar-refractivity contribution is -0.122. The van der Waals surface area contributed by atoms with E-state index in [1.165, 1.54) is 11.8 Å². The fourth-order valence-corrected chi connectivity index (χ4v) is 4.83. The minimum absolute atomic E-state index is 0.0691. The molecule has 3 rings (SSSR count). The Balaban J connectivity index is 1.84. The van der Waals surface area contributed by atoms with Crippen molar-refractivity contribution in [1.82, 2.24) is 4.90 Å². The molecule has 0 radical (unpaired) electrons. The zero-order valence-corrected chi connectivity index (χ0v) is 20.5. The van der Waals surface area contributed by atoms with E-state index < -0.39 is 0 Å². The van der Waals surface area contributed by atoms with Crippen LogP contribution < -0.4 is 4.74 Å². The molecule has 1 fully saturated rings. The molecule has 0 saturated carbocycles. The van der Waals surface area contributed by atoms with Crippen LogP contribution in [0.2, 0.25) is 10.0 Å². The van der Waals surface area contributed by atoms with Gasteiger partial charge in [0.15, 0.2) is 0 Å². The summed E-state index contributed by atoms with van der Waals surface area (Å²) in [6.07, 6.45) is 1.82. The Morgan fingerprint density at radius 3 is 2.69 bits per heavy atom. The fourth-order valence-electron chi connectivity index (χ4n) is 2.72. The Labute approximate surface area is 198 Å². The van der Waals surface area contributed by atoms with Crippen molar-refractivity contribution >= 4 is 79.4 Å². The van der Waals surface area contributed by atoms with Crippen LogP contribution >= 0.6 is 63.1 Å². The lowest BCUT2D eigenvalue weighted by Crippen LogP contribution is -2.31. The highest BCUT2D eigenvalue weighted by Gasteiger charge is 2.32. The Bertz CT molecular complexity index is 995. The average molecular weight is 531 g/mol. The van der Waals surface area contributed by atoms with Crippen LogP contribution in [-0.2, 0) is 11.4 Å². The van der Waals surface area contributed by atoms with E-state index in [1.54, 1.807) is 17.0 Å². The molecule has 1 amide bonds. The molecule has 0 N–H and O–H groups in total. The highest BCUT2D eigenvalue weighted by Crippen LogP contribution is 2.36. The molecule has 0 bridgehead atoms. The van der Waals surface area contributed by atoms with Crippen LogP contribution in [0.1, 0.15) is 25.0 Å². The Kier molecular flexibility index (Phi) is 7.68. The number of ether oxygens (including phenoxy) is 1. The van der Waals surface area contributed by atoms with Crippen LogP contribution in [0.15, 0.2) is 45.8 Å². The van der Waals surface area contributed by atoms with E-state index in [0.29, 0.717) is 37.5 Å². The number of benzene rings is 2. The van der Waals surface area contributed by atoms with Crippen LogP contribution in [0.4, 0.5) is 0 Å². The van der Waals surface area contributed by atoms with Gasteiger partial charge in [-0.1, -0.05) is 83.0 Å². The second kappa shape index (κ2) is 9.84. The van der Waals surface area contributed by atoms with E-state index in [0.717, 1.165) is 15.6 Å². The second-order valence-corrected chi connectivity index (χ2v) is 10.3. The van der Waals surface area contributed by atoms with Crippen molar-refractivity contribution in [2.45, 2.75) is 20.5 Å². The summed E-state index contributed by atoms with van der Waals surface area (Å²) in [7, 11) is 0. The molecular weight excluding hydrogens is 513 g/mol. The number of carbonyl (C=O) groups is 1. The number of halogens is 3. The van der Waals surface area contributed by atoms with Gasteiger partial charge in [0, 0.05) is 32.2 Å². The zero-order chi connectivity index (χ0) is 21.1. The van der Waals surface area contributed by atoms with Crippen molar-refractivity contribution in [3.8, 4) is 5.75 Å². The highest BCUT2D eigenvalue weighted by molar-refractivity contribution is 9.10. The summed E-state index contributed by atoms with van der Waals surface area (Å²) in [6.45, 7) is 5.01. The molecule has 2 aromatic rings. The molecule has 1 saturated heterocycles. The normalized spacial score (nSPS) is 15.7. The van der Waals surface area contributed by atoms with E-state index in [1.807, 2.05) is 30.3 Å². The summed E-state index contributed by atoms with van der Waals surface area (Å²) in [4.78, 5) is 15.0. The van der Waals surface area contributed by atoms with E-state index in [4.69, 9.17) is 40.2 Å².